The largest absolute Gasteiger partial charge is 0.273 e. The number of rotatable bonds is 4. The number of sulfonamides is 1. The lowest BCUT2D eigenvalue weighted by atomic mass is 10.1. The maximum atomic E-state index is 12.5. The maximum Gasteiger partial charge on any atom is 0.266 e. The fraction of sp³-hybridized carbons (Fsp3) is 0.188. The van der Waals surface area contributed by atoms with Crippen LogP contribution >= 0.6 is 23.2 Å². The standard InChI is InChI=1S/C16H16Cl2N2O3S/c1-9-6-4-5-7-12(9)16(21)19-20-24(22,23)15-11(3)13(17)8-10(2)14(15)18/h4-8,20H,1-3H3,(H,19,21). The Morgan fingerprint density at radius 2 is 1.67 bits per heavy atom. The molecule has 0 aromatic heterocycles. The van der Waals surface area contributed by atoms with Gasteiger partial charge in [0.15, 0.2) is 0 Å². The Morgan fingerprint density at radius 3 is 2.29 bits per heavy atom. The number of aryl methyl sites for hydroxylation is 2. The van der Waals surface area contributed by atoms with Gasteiger partial charge in [0.1, 0.15) is 4.90 Å². The number of nitrogens with one attached hydrogen (secondary N) is 2. The van der Waals surface area contributed by atoms with E-state index in [2.05, 4.69) is 10.3 Å². The van der Waals surface area contributed by atoms with Crippen LogP contribution in [0.3, 0.4) is 0 Å². The van der Waals surface area contributed by atoms with Crippen LogP contribution < -0.4 is 10.3 Å². The van der Waals surface area contributed by atoms with Crippen LogP contribution in [-0.2, 0) is 10.0 Å². The number of amides is 1. The minimum atomic E-state index is -4.08. The van der Waals surface area contributed by atoms with Crippen molar-refractivity contribution in [3.63, 3.8) is 0 Å². The molecule has 2 aromatic rings. The van der Waals surface area contributed by atoms with Crippen LogP contribution in [0.1, 0.15) is 27.0 Å². The van der Waals surface area contributed by atoms with E-state index in [4.69, 9.17) is 23.2 Å². The van der Waals surface area contributed by atoms with E-state index in [9.17, 15) is 13.2 Å². The van der Waals surface area contributed by atoms with Gasteiger partial charge in [-0.25, -0.2) is 8.42 Å². The van der Waals surface area contributed by atoms with E-state index in [0.717, 1.165) is 5.56 Å². The van der Waals surface area contributed by atoms with E-state index in [0.29, 0.717) is 16.7 Å². The minimum Gasteiger partial charge on any atom is -0.273 e. The van der Waals surface area contributed by atoms with Crippen molar-refractivity contribution in [2.45, 2.75) is 25.7 Å². The van der Waals surface area contributed by atoms with Gasteiger partial charge in [0.25, 0.3) is 15.9 Å². The molecule has 2 N–H and O–H groups in total. The first kappa shape index (κ1) is 18.7. The molecule has 2 aromatic carbocycles. The molecule has 0 fully saturated rings. The lowest BCUT2D eigenvalue weighted by molar-refractivity contribution is 0.0944. The molecule has 0 unspecified atom stereocenters. The molecule has 1 amide bonds. The average molecular weight is 387 g/mol. The van der Waals surface area contributed by atoms with Crippen LogP contribution in [0.5, 0.6) is 0 Å². The molecule has 2 rings (SSSR count). The number of carbonyl (C=O) groups excluding carboxylic acids is 1. The molecule has 0 aliphatic rings. The molecule has 0 bridgehead atoms. The summed E-state index contributed by atoms with van der Waals surface area (Å²) in [7, 11) is -4.08. The number of halogens is 2. The molecule has 0 saturated heterocycles. The number of carbonyl (C=O) groups is 1. The second kappa shape index (κ2) is 7.11. The highest BCUT2D eigenvalue weighted by Gasteiger charge is 2.24. The van der Waals surface area contributed by atoms with Crippen LogP contribution in [-0.4, -0.2) is 14.3 Å². The van der Waals surface area contributed by atoms with Crippen LogP contribution in [0.25, 0.3) is 0 Å². The van der Waals surface area contributed by atoms with Gasteiger partial charge in [0.2, 0.25) is 0 Å². The highest BCUT2D eigenvalue weighted by Crippen LogP contribution is 2.33. The predicted octanol–water partition coefficient (Wildman–Crippen LogP) is 3.54. The number of benzene rings is 2. The SMILES string of the molecule is Cc1ccccc1C(=O)NNS(=O)(=O)c1c(C)c(Cl)cc(C)c1Cl. The fourth-order valence-corrected chi connectivity index (χ4v) is 4.25. The van der Waals surface area contributed by atoms with Gasteiger partial charge in [-0.3, -0.25) is 10.2 Å². The Labute approximate surface area is 151 Å². The third-order valence-corrected chi connectivity index (χ3v) is 5.96. The lowest BCUT2D eigenvalue weighted by Gasteiger charge is -2.15. The van der Waals surface area contributed by atoms with E-state index in [1.807, 2.05) is 0 Å². The van der Waals surface area contributed by atoms with Gasteiger partial charge in [-0.15, -0.1) is 4.83 Å². The number of hydrogen-bond acceptors (Lipinski definition) is 3. The van der Waals surface area contributed by atoms with Gasteiger partial charge in [0, 0.05) is 10.6 Å². The Hall–Kier alpha value is -1.60. The summed E-state index contributed by atoms with van der Waals surface area (Å²) in [6, 6.07) is 8.42. The van der Waals surface area contributed by atoms with Crippen molar-refractivity contribution in [2.75, 3.05) is 0 Å². The van der Waals surface area contributed by atoms with Crippen LogP contribution in [0.4, 0.5) is 0 Å². The van der Waals surface area contributed by atoms with Crippen molar-refractivity contribution >= 4 is 39.1 Å². The third-order valence-electron chi connectivity index (χ3n) is 3.54. The van der Waals surface area contributed by atoms with Gasteiger partial charge in [0.05, 0.1) is 5.02 Å². The first-order valence-electron chi connectivity index (χ1n) is 6.98. The molecule has 0 aliphatic heterocycles. The first-order valence-corrected chi connectivity index (χ1v) is 9.22. The summed E-state index contributed by atoms with van der Waals surface area (Å²) in [6.45, 7) is 4.95. The van der Waals surface area contributed by atoms with Crippen molar-refractivity contribution in [3.05, 3.63) is 62.6 Å². The zero-order chi connectivity index (χ0) is 18.1. The fourth-order valence-electron chi connectivity index (χ4n) is 2.19. The quantitative estimate of drug-likeness (QED) is 0.788. The third kappa shape index (κ3) is 3.72. The molecule has 128 valence electrons. The summed E-state index contributed by atoms with van der Waals surface area (Å²) >= 11 is 12.2. The highest BCUT2D eigenvalue weighted by molar-refractivity contribution is 7.89. The molecule has 8 heteroatoms. The molecule has 0 aliphatic carbocycles. The second-order valence-corrected chi connectivity index (χ2v) is 7.72. The summed E-state index contributed by atoms with van der Waals surface area (Å²) in [4.78, 5) is 14.1. The van der Waals surface area contributed by atoms with Crippen LogP contribution in [0.2, 0.25) is 10.0 Å². The van der Waals surface area contributed by atoms with Gasteiger partial charge >= 0.3 is 0 Å². The summed E-state index contributed by atoms with van der Waals surface area (Å²) in [5.41, 5.74) is 4.12. The van der Waals surface area contributed by atoms with Crippen LogP contribution in [0.15, 0.2) is 35.2 Å². The topological polar surface area (TPSA) is 75.3 Å². The van der Waals surface area contributed by atoms with Crippen molar-refractivity contribution in [2.24, 2.45) is 0 Å². The molecule has 0 heterocycles. The van der Waals surface area contributed by atoms with E-state index in [1.54, 1.807) is 51.1 Å². The Morgan fingerprint density at radius 1 is 1.04 bits per heavy atom. The molecule has 0 radical (unpaired) electrons. The summed E-state index contributed by atoms with van der Waals surface area (Å²) in [6.07, 6.45) is 0. The molecule has 0 saturated carbocycles. The Kier molecular flexibility index (Phi) is 5.55. The number of hydrazine groups is 1. The molecule has 0 atom stereocenters. The first-order chi connectivity index (χ1) is 11.1. The zero-order valence-corrected chi connectivity index (χ0v) is 15.6. The highest BCUT2D eigenvalue weighted by atomic mass is 35.5. The van der Waals surface area contributed by atoms with Crippen molar-refractivity contribution < 1.29 is 13.2 Å². The van der Waals surface area contributed by atoms with Gasteiger partial charge in [-0.2, -0.15) is 0 Å². The molecule has 24 heavy (non-hydrogen) atoms. The Bertz CT molecular complexity index is 886. The predicted molar refractivity (Wildman–Crippen MR) is 94.9 cm³/mol. The van der Waals surface area contributed by atoms with Crippen molar-refractivity contribution in [3.8, 4) is 0 Å². The van der Waals surface area contributed by atoms with E-state index in [1.165, 1.54) is 0 Å². The zero-order valence-electron chi connectivity index (χ0n) is 13.3. The maximum absolute atomic E-state index is 12.5. The summed E-state index contributed by atoms with van der Waals surface area (Å²) in [5, 5.41) is 0.344. The summed E-state index contributed by atoms with van der Waals surface area (Å²) in [5.74, 6) is -0.566. The summed E-state index contributed by atoms with van der Waals surface area (Å²) < 4.78 is 25.1. The van der Waals surface area contributed by atoms with E-state index >= 15 is 0 Å². The smallest absolute Gasteiger partial charge is 0.266 e. The molecular weight excluding hydrogens is 371 g/mol. The van der Waals surface area contributed by atoms with Gasteiger partial charge in [-0.05, 0) is 49.6 Å². The minimum absolute atomic E-state index is 0.0644. The van der Waals surface area contributed by atoms with Gasteiger partial charge < -0.3 is 0 Å². The monoisotopic (exact) mass is 386 g/mol. The van der Waals surface area contributed by atoms with Crippen molar-refractivity contribution in [1.82, 2.24) is 10.3 Å². The second-order valence-electron chi connectivity index (χ2n) is 5.32. The number of hydrogen-bond donors (Lipinski definition) is 2. The lowest BCUT2D eigenvalue weighted by Crippen LogP contribution is -2.42. The van der Waals surface area contributed by atoms with Gasteiger partial charge in [-0.1, -0.05) is 41.4 Å². The van der Waals surface area contributed by atoms with E-state index in [-0.39, 0.29) is 14.9 Å². The Balaban J connectivity index is 2.31. The van der Waals surface area contributed by atoms with Crippen molar-refractivity contribution in [1.29, 1.82) is 0 Å². The molecule has 0 spiro atoms. The molecular formula is C16H16Cl2N2O3S. The normalized spacial score (nSPS) is 11.4. The van der Waals surface area contributed by atoms with Crippen LogP contribution in [0, 0.1) is 20.8 Å². The van der Waals surface area contributed by atoms with E-state index < -0.39 is 15.9 Å². The average Bonchev–Trinajstić information content (AvgIpc) is 2.51. The molecule has 5 nitrogen and oxygen atoms in total.